The summed E-state index contributed by atoms with van der Waals surface area (Å²) < 4.78 is 4.60. The lowest BCUT2D eigenvalue weighted by molar-refractivity contribution is -0.0435. The molecular formula is C28H52O3S. The van der Waals surface area contributed by atoms with Crippen LogP contribution >= 0.6 is 11.3 Å². The topological polar surface area (TPSA) is 46.5 Å². The third kappa shape index (κ3) is 10.4. The molecule has 0 aliphatic heterocycles. The second-order valence-electron chi connectivity index (χ2n) is 8.67. The first-order chi connectivity index (χ1) is 15.5. The van der Waals surface area contributed by atoms with Crippen molar-refractivity contribution in [1.82, 2.24) is 0 Å². The van der Waals surface area contributed by atoms with Gasteiger partial charge in [-0.3, -0.25) is 0 Å². The standard InChI is InChI=1S/C15H28O.C9H12O2S.2C2H6/c1-2-15(11-6-12-15)14(16)10-5-9-13-7-3-4-8-13;1-3-4-7-5-6-8(12-7)9(10)11-2;2*1-2/h13-14,16H,2-12H2,1H3;5-6H,3-4H2,1-2H3;2*1-2H3. The van der Waals surface area contributed by atoms with Crippen molar-refractivity contribution in [3.63, 3.8) is 0 Å². The van der Waals surface area contributed by atoms with E-state index in [1.807, 2.05) is 39.8 Å². The number of rotatable bonds is 9. The van der Waals surface area contributed by atoms with Crippen LogP contribution in [-0.2, 0) is 11.2 Å². The summed E-state index contributed by atoms with van der Waals surface area (Å²) in [5.74, 6) is 0.758. The second kappa shape index (κ2) is 18.5. The van der Waals surface area contributed by atoms with Crippen LogP contribution in [0.2, 0.25) is 0 Å². The van der Waals surface area contributed by atoms with E-state index in [0.29, 0.717) is 10.3 Å². The van der Waals surface area contributed by atoms with Gasteiger partial charge in [0.2, 0.25) is 0 Å². The van der Waals surface area contributed by atoms with E-state index in [0.717, 1.165) is 25.2 Å². The van der Waals surface area contributed by atoms with E-state index in [1.165, 1.54) is 87.5 Å². The van der Waals surface area contributed by atoms with E-state index in [-0.39, 0.29) is 12.1 Å². The minimum atomic E-state index is -0.234. The minimum Gasteiger partial charge on any atom is -0.465 e. The molecule has 4 heteroatoms. The highest BCUT2D eigenvalue weighted by molar-refractivity contribution is 7.13. The van der Waals surface area contributed by atoms with Crippen LogP contribution in [0.5, 0.6) is 0 Å². The van der Waals surface area contributed by atoms with E-state index in [4.69, 9.17) is 0 Å². The average Bonchev–Trinajstić information content (AvgIpc) is 3.49. The lowest BCUT2D eigenvalue weighted by Gasteiger charge is -2.45. The van der Waals surface area contributed by atoms with Crippen LogP contribution < -0.4 is 0 Å². The first kappa shape index (κ1) is 31.1. The number of carbonyl (C=O) groups is 1. The van der Waals surface area contributed by atoms with Crippen molar-refractivity contribution in [3.05, 3.63) is 21.9 Å². The molecule has 2 aliphatic rings. The Kier molecular flexibility index (Phi) is 18.0. The smallest absolute Gasteiger partial charge is 0.348 e. The van der Waals surface area contributed by atoms with Gasteiger partial charge in [-0.25, -0.2) is 4.79 Å². The molecule has 1 atom stereocenters. The van der Waals surface area contributed by atoms with Crippen molar-refractivity contribution in [2.45, 2.75) is 131 Å². The fraction of sp³-hybridized carbons (Fsp3) is 0.821. The Morgan fingerprint density at radius 1 is 1.12 bits per heavy atom. The van der Waals surface area contributed by atoms with Gasteiger partial charge < -0.3 is 9.84 Å². The average molecular weight is 469 g/mol. The monoisotopic (exact) mass is 468 g/mol. The zero-order valence-electron chi connectivity index (χ0n) is 22.2. The van der Waals surface area contributed by atoms with Gasteiger partial charge in [0, 0.05) is 4.88 Å². The molecule has 0 radical (unpaired) electrons. The summed E-state index contributed by atoms with van der Waals surface area (Å²) in [5, 5.41) is 10.3. The van der Waals surface area contributed by atoms with Crippen LogP contribution in [0.15, 0.2) is 12.1 Å². The van der Waals surface area contributed by atoms with Gasteiger partial charge in [0.15, 0.2) is 0 Å². The third-order valence-corrected chi connectivity index (χ3v) is 7.99. The molecule has 1 aromatic heterocycles. The van der Waals surface area contributed by atoms with Crippen molar-refractivity contribution < 1.29 is 14.6 Å². The lowest BCUT2D eigenvalue weighted by atomic mass is 9.62. The van der Waals surface area contributed by atoms with E-state index in [9.17, 15) is 9.90 Å². The second-order valence-corrected chi connectivity index (χ2v) is 9.84. The van der Waals surface area contributed by atoms with Gasteiger partial charge in [-0.05, 0) is 55.6 Å². The number of aliphatic hydroxyl groups is 1. The largest absolute Gasteiger partial charge is 0.465 e. The molecule has 0 amide bonds. The summed E-state index contributed by atoms with van der Waals surface area (Å²) in [6.45, 7) is 12.4. The summed E-state index contributed by atoms with van der Waals surface area (Å²) in [7, 11) is 1.40. The Morgan fingerprint density at radius 3 is 2.22 bits per heavy atom. The first-order valence-corrected chi connectivity index (χ1v) is 14.2. The number of methoxy groups -OCH3 is 1. The maximum atomic E-state index is 11.0. The molecule has 2 saturated carbocycles. The fourth-order valence-electron chi connectivity index (χ4n) is 4.73. The predicted octanol–water partition coefficient (Wildman–Crippen LogP) is 8.83. The van der Waals surface area contributed by atoms with Crippen molar-refractivity contribution in [3.8, 4) is 0 Å². The molecule has 0 bridgehead atoms. The molecular weight excluding hydrogens is 416 g/mol. The number of hydrogen-bond donors (Lipinski definition) is 1. The van der Waals surface area contributed by atoms with Crippen LogP contribution in [0.3, 0.4) is 0 Å². The normalized spacial score (nSPS) is 17.4. The number of aliphatic hydroxyl groups excluding tert-OH is 1. The van der Waals surface area contributed by atoms with Crippen LogP contribution in [0.25, 0.3) is 0 Å². The maximum Gasteiger partial charge on any atom is 0.348 e. The zero-order valence-corrected chi connectivity index (χ0v) is 23.0. The number of carbonyl (C=O) groups excluding carboxylic acids is 1. The number of hydrogen-bond acceptors (Lipinski definition) is 4. The third-order valence-electron chi connectivity index (χ3n) is 6.87. The van der Waals surface area contributed by atoms with Crippen LogP contribution in [0, 0.1) is 11.3 Å². The molecule has 2 aliphatic carbocycles. The lowest BCUT2D eigenvalue weighted by Crippen LogP contribution is -2.40. The number of thiophene rings is 1. The Bertz CT molecular complexity index is 565. The number of ether oxygens (including phenoxy) is 1. The van der Waals surface area contributed by atoms with Crippen molar-refractivity contribution in [2.24, 2.45) is 11.3 Å². The maximum absolute atomic E-state index is 11.0. The van der Waals surface area contributed by atoms with Crippen LogP contribution in [-0.4, -0.2) is 24.3 Å². The SMILES string of the molecule is CC.CC.CCC1(C(O)CCCC2CCCC2)CCC1.CCCc1ccc(C(=O)OC)s1. The van der Waals surface area contributed by atoms with Gasteiger partial charge in [0.25, 0.3) is 0 Å². The van der Waals surface area contributed by atoms with Gasteiger partial charge in [-0.2, -0.15) is 0 Å². The van der Waals surface area contributed by atoms with Crippen molar-refractivity contribution in [2.75, 3.05) is 7.11 Å². The van der Waals surface area contributed by atoms with Gasteiger partial charge in [-0.15, -0.1) is 11.3 Å². The molecule has 2 fully saturated rings. The highest BCUT2D eigenvalue weighted by Gasteiger charge is 2.41. The molecule has 0 saturated heterocycles. The molecule has 32 heavy (non-hydrogen) atoms. The summed E-state index contributed by atoms with van der Waals surface area (Å²) in [6.07, 6.45) is 16.7. The summed E-state index contributed by atoms with van der Waals surface area (Å²) in [5.41, 5.74) is 0.329. The van der Waals surface area contributed by atoms with Crippen LogP contribution in [0.1, 0.15) is 133 Å². The Balaban J connectivity index is 0.000000536. The number of aryl methyl sites for hydroxylation is 1. The number of esters is 1. The van der Waals surface area contributed by atoms with E-state index in [1.54, 1.807) is 0 Å². The molecule has 3 rings (SSSR count). The summed E-state index contributed by atoms with van der Waals surface area (Å²) >= 11 is 1.52. The Labute approximate surface area is 203 Å². The van der Waals surface area contributed by atoms with Gasteiger partial charge >= 0.3 is 5.97 Å². The molecule has 1 N–H and O–H groups in total. The van der Waals surface area contributed by atoms with Gasteiger partial charge in [0.1, 0.15) is 4.88 Å². The molecule has 1 unspecified atom stereocenters. The highest BCUT2D eigenvalue weighted by Crippen LogP contribution is 2.48. The van der Waals surface area contributed by atoms with Crippen molar-refractivity contribution >= 4 is 17.3 Å². The minimum absolute atomic E-state index is 0.00680. The molecule has 1 heterocycles. The van der Waals surface area contributed by atoms with Crippen LogP contribution in [0.4, 0.5) is 0 Å². The molecule has 0 aromatic carbocycles. The van der Waals surface area contributed by atoms with E-state index < -0.39 is 0 Å². The first-order valence-electron chi connectivity index (χ1n) is 13.4. The molecule has 1 aromatic rings. The van der Waals surface area contributed by atoms with Crippen molar-refractivity contribution in [1.29, 1.82) is 0 Å². The molecule has 0 spiro atoms. The summed E-state index contributed by atoms with van der Waals surface area (Å²) in [4.78, 5) is 13.0. The molecule has 188 valence electrons. The Morgan fingerprint density at radius 2 is 1.75 bits per heavy atom. The van der Waals surface area contributed by atoms with Gasteiger partial charge in [-0.1, -0.05) is 92.9 Å². The zero-order chi connectivity index (χ0) is 24.4. The molecule has 3 nitrogen and oxygen atoms in total. The van der Waals surface area contributed by atoms with Gasteiger partial charge in [0.05, 0.1) is 13.2 Å². The predicted molar refractivity (Wildman–Crippen MR) is 141 cm³/mol. The highest BCUT2D eigenvalue weighted by atomic mass is 32.1. The Hall–Kier alpha value is -0.870. The fourth-order valence-corrected chi connectivity index (χ4v) is 5.75. The van der Waals surface area contributed by atoms with E-state index in [2.05, 4.69) is 18.6 Å². The quantitative estimate of drug-likeness (QED) is 0.368. The van der Waals surface area contributed by atoms with E-state index >= 15 is 0 Å². The summed E-state index contributed by atoms with van der Waals surface area (Å²) in [6, 6.07) is 3.81.